The van der Waals surface area contributed by atoms with Crippen LogP contribution in [0, 0.1) is 6.92 Å². The lowest BCUT2D eigenvalue weighted by Crippen LogP contribution is -2.16. The van der Waals surface area contributed by atoms with Gasteiger partial charge in [0.05, 0.1) is 6.20 Å². The van der Waals surface area contributed by atoms with Crippen LogP contribution in [0.1, 0.15) is 23.6 Å². The number of rotatable bonds is 6. The third kappa shape index (κ3) is 3.16. The van der Waals surface area contributed by atoms with E-state index in [1.54, 1.807) is 0 Å². The van der Waals surface area contributed by atoms with Crippen LogP contribution in [0.3, 0.4) is 0 Å². The average molecular weight is 282 g/mol. The number of nitrogens with one attached hydrogen (secondary N) is 2. The molecule has 0 saturated carbocycles. The first kappa shape index (κ1) is 13.9. The second kappa shape index (κ2) is 6.14. The molecule has 0 bridgehead atoms. The molecular formula is C17H22N4. The Bertz CT molecular complexity index is 723. The Morgan fingerprint density at radius 1 is 1.33 bits per heavy atom. The summed E-state index contributed by atoms with van der Waals surface area (Å²) in [5, 5.41) is 9.12. The molecule has 2 N–H and O–H groups in total. The highest BCUT2D eigenvalue weighted by molar-refractivity contribution is 5.83. The van der Waals surface area contributed by atoms with Crippen molar-refractivity contribution in [2.24, 2.45) is 0 Å². The maximum absolute atomic E-state index is 4.29. The van der Waals surface area contributed by atoms with E-state index in [1.165, 1.54) is 27.6 Å². The van der Waals surface area contributed by atoms with E-state index in [1.807, 2.05) is 10.9 Å². The van der Waals surface area contributed by atoms with Gasteiger partial charge in [-0.15, -0.1) is 0 Å². The van der Waals surface area contributed by atoms with Crippen LogP contribution in [0.15, 0.2) is 36.8 Å². The minimum atomic E-state index is 0.876. The monoisotopic (exact) mass is 282 g/mol. The van der Waals surface area contributed by atoms with Crippen molar-refractivity contribution in [2.75, 3.05) is 6.54 Å². The molecule has 0 unspecified atom stereocenters. The number of hydrogen-bond acceptors (Lipinski definition) is 2. The fraction of sp³-hybridized carbons (Fsp3) is 0.353. The lowest BCUT2D eigenvalue weighted by molar-refractivity contribution is 0.655. The third-order valence-corrected chi connectivity index (χ3v) is 3.83. The molecule has 0 aliphatic heterocycles. The van der Waals surface area contributed by atoms with Crippen molar-refractivity contribution in [1.29, 1.82) is 0 Å². The molecule has 4 nitrogen and oxygen atoms in total. The predicted octanol–water partition coefficient (Wildman–Crippen LogP) is 3.03. The molecule has 0 fully saturated rings. The number of fused-ring (bicyclic) bond motifs is 1. The summed E-state index contributed by atoms with van der Waals surface area (Å²) in [5.41, 5.74) is 5.15. The number of nitrogens with zero attached hydrogens (tertiary/aromatic N) is 2. The standard InChI is InChI=1S/C17H22N4/c1-3-21-12-14(10-20-21)9-18-7-6-15-11-19-17-5-4-13(2)8-16(15)17/h4-5,8,10-12,18-19H,3,6-7,9H2,1-2H3. The highest BCUT2D eigenvalue weighted by Crippen LogP contribution is 2.19. The Morgan fingerprint density at radius 2 is 2.24 bits per heavy atom. The number of H-pyrrole nitrogens is 1. The molecular weight excluding hydrogens is 260 g/mol. The van der Waals surface area contributed by atoms with Gasteiger partial charge >= 0.3 is 0 Å². The molecule has 0 radical (unpaired) electrons. The second-order valence-corrected chi connectivity index (χ2v) is 5.49. The second-order valence-electron chi connectivity index (χ2n) is 5.49. The van der Waals surface area contributed by atoms with Crippen molar-refractivity contribution in [1.82, 2.24) is 20.1 Å². The lowest BCUT2D eigenvalue weighted by atomic mass is 10.1. The summed E-state index contributed by atoms with van der Waals surface area (Å²) in [7, 11) is 0. The van der Waals surface area contributed by atoms with E-state index < -0.39 is 0 Å². The normalized spacial score (nSPS) is 11.3. The van der Waals surface area contributed by atoms with Crippen molar-refractivity contribution in [3.8, 4) is 0 Å². The zero-order valence-corrected chi connectivity index (χ0v) is 12.7. The summed E-state index contributed by atoms with van der Waals surface area (Å²) in [5.74, 6) is 0. The molecule has 2 aromatic heterocycles. The molecule has 3 rings (SSSR count). The number of aromatic nitrogens is 3. The minimum Gasteiger partial charge on any atom is -0.361 e. The zero-order chi connectivity index (χ0) is 14.7. The molecule has 110 valence electrons. The van der Waals surface area contributed by atoms with Gasteiger partial charge in [-0.2, -0.15) is 5.10 Å². The molecule has 0 amide bonds. The fourth-order valence-corrected chi connectivity index (χ4v) is 2.63. The Kier molecular flexibility index (Phi) is 4.06. The summed E-state index contributed by atoms with van der Waals surface area (Å²) >= 11 is 0. The van der Waals surface area contributed by atoms with Crippen LogP contribution in [-0.4, -0.2) is 21.3 Å². The Labute approximate surface area is 125 Å². The summed E-state index contributed by atoms with van der Waals surface area (Å²) in [6.45, 7) is 7.01. The van der Waals surface area contributed by atoms with Gasteiger partial charge in [0, 0.05) is 41.9 Å². The van der Waals surface area contributed by atoms with Crippen LogP contribution in [0.5, 0.6) is 0 Å². The van der Waals surface area contributed by atoms with Crippen LogP contribution in [-0.2, 0) is 19.5 Å². The van der Waals surface area contributed by atoms with E-state index >= 15 is 0 Å². The van der Waals surface area contributed by atoms with Crippen molar-refractivity contribution in [2.45, 2.75) is 33.4 Å². The van der Waals surface area contributed by atoms with Crippen LogP contribution in [0.25, 0.3) is 10.9 Å². The largest absolute Gasteiger partial charge is 0.361 e. The van der Waals surface area contributed by atoms with Gasteiger partial charge in [-0.05, 0) is 44.5 Å². The molecule has 4 heteroatoms. The summed E-state index contributed by atoms with van der Waals surface area (Å²) < 4.78 is 1.96. The first-order chi connectivity index (χ1) is 10.3. The predicted molar refractivity (Wildman–Crippen MR) is 86.3 cm³/mol. The van der Waals surface area contributed by atoms with E-state index in [2.05, 4.69) is 59.8 Å². The molecule has 1 aromatic carbocycles. The van der Waals surface area contributed by atoms with E-state index in [9.17, 15) is 0 Å². The third-order valence-electron chi connectivity index (χ3n) is 3.83. The smallest absolute Gasteiger partial charge is 0.0534 e. The average Bonchev–Trinajstić information content (AvgIpc) is 3.10. The molecule has 0 atom stereocenters. The van der Waals surface area contributed by atoms with Gasteiger partial charge in [-0.25, -0.2) is 0 Å². The first-order valence-corrected chi connectivity index (χ1v) is 7.55. The van der Waals surface area contributed by atoms with Gasteiger partial charge < -0.3 is 10.3 Å². The fourth-order valence-electron chi connectivity index (χ4n) is 2.63. The first-order valence-electron chi connectivity index (χ1n) is 7.55. The highest BCUT2D eigenvalue weighted by Gasteiger charge is 2.04. The molecule has 0 aliphatic rings. The van der Waals surface area contributed by atoms with Crippen LogP contribution in [0.2, 0.25) is 0 Å². The molecule has 21 heavy (non-hydrogen) atoms. The number of hydrogen-bond donors (Lipinski definition) is 2. The number of aryl methyl sites for hydroxylation is 2. The van der Waals surface area contributed by atoms with Crippen LogP contribution >= 0.6 is 0 Å². The molecule has 0 aliphatic carbocycles. The Balaban J connectivity index is 1.55. The summed E-state index contributed by atoms with van der Waals surface area (Å²) in [6.07, 6.45) is 7.19. The van der Waals surface area contributed by atoms with E-state index in [0.717, 1.165) is 26.1 Å². The van der Waals surface area contributed by atoms with Crippen molar-refractivity contribution in [3.63, 3.8) is 0 Å². The molecule has 3 aromatic rings. The molecule has 0 saturated heterocycles. The summed E-state index contributed by atoms with van der Waals surface area (Å²) in [4.78, 5) is 3.34. The van der Waals surface area contributed by atoms with Gasteiger partial charge in [0.25, 0.3) is 0 Å². The minimum absolute atomic E-state index is 0.876. The SMILES string of the molecule is CCn1cc(CNCCc2c[nH]c3ccc(C)cc23)cn1. The van der Waals surface area contributed by atoms with Crippen molar-refractivity contribution < 1.29 is 0 Å². The zero-order valence-electron chi connectivity index (χ0n) is 12.7. The van der Waals surface area contributed by atoms with Crippen molar-refractivity contribution in [3.05, 3.63) is 53.5 Å². The van der Waals surface area contributed by atoms with Crippen LogP contribution in [0.4, 0.5) is 0 Å². The number of aromatic amines is 1. The summed E-state index contributed by atoms with van der Waals surface area (Å²) in [6, 6.07) is 6.55. The number of benzene rings is 1. The Morgan fingerprint density at radius 3 is 3.05 bits per heavy atom. The van der Waals surface area contributed by atoms with Gasteiger partial charge in [0.15, 0.2) is 0 Å². The quantitative estimate of drug-likeness (QED) is 0.683. The van der Waals surface area contributed by atoms with Crippen LogP contribution < -0.4 is 5.32 Å². The van der Waals surface area contributed by atoms with Gasteiger partial charge in [0.2, 0.25) is 0 Å². The van der Waals surface area contributed by atoms with E-state index in [4.69, 9.17) is 0 Å². The lowest BCUT2D eigenvalue weighted by Gasteiger charge is -2.03. The maximum atomic E-state index is 4.29. The topological polar surface area (TPSA) is 45.6 Å². The highest BCUT2D eigenvalue weighted by atomic mass is 15.3. The van der Waals surface area contributed by atoms with Crippen molar-refractivity contribution >= 4 is 10.9 Å². The van der Waals surface area contributed by atoms with Gasteiger partial charge in [0.1, 0.15) is 0 Å². The van der Waals surface area contributed by atoms with E-state index in [0.29, 0.717) is 0 Å². The van der Waals surface area contributed by atoms with Gasteiger partial charge in [-0.1, -0.05) is 11.6 Å². The molecule has 0 spiro atoms. The van der Waals surface area contributed by atoms with E-state index in [-0.39, 0.29) is 0 Å². The maximum Gasteiger partial charge on any atom is 0.0534 e. The Hall–Kier alpha value is -2.07. The molecule has 2 heterocycles. The van der Waals surface area contributed by atoms with Gasteiger partial charge in [-0.3, -0.25) is 4.68 Å².